The molecular formula is C23H28N2O5S. The molecule has 166 valence electrons. The topological polar surface area (TPSA) is 92.8 Å². The summed E-state index contributed by atoms with van der Waals surface area (Å²) in [6.07, 6.45) is 1.66. The SMILES string of the molecule is Cc1ccc(C(=O)OC(C)C(=O)NCc2ccccc2)cc1S(=O)(=O)N1CCCCC1. The third-order valence-corrected chi connectivity index (χ3v) is 7.36. The zero-order valence-corrected chi connectivity index (χ0v) is 18.7. The molecule has 0 bridgehead atoms. The maximum atomic E-state index is 13.0. The summed E-state index contributed by atoms with van der Waals surface area (Å²) in [4.78, 5) is 25.0. The van der Waals surface area contributed by atoms with Crippen molar-refractivity contribution < 1.29 is 22.7 Å². The van der Waals surface area contributed by atoms with Gasteiger partial charge in [-0.15, -0.1) is 0 Å². The van der Waals surface area contributed by atoms with E-state index in [1.54, 1.807) is 13.0 Å². The van der Waals surface area contributed by atoms with E-state index < -0.39 is 28.0 Å². The van der Waals surface area contributed by atoms with E-state index in [0.29, 0.717) is 25.2 Å². The molecule has 0 aliphatic carbocycles. The highest BCUT2D eigenvalue weighted by Crippen LogP contribution is 2.24. The van der Waals surface area contributed by atoms with Gasteiger partial charge in [0, 0.05) is 19.6 Å². The highest BCUT2D eigenvalue weighted by molar-refractivity contribution is 7.89. The van der Waals surface area contributed by atoms with Crippen LogP contribution < -0.4 is 5.32 Å². The van der Waals surface area contributed by atoms with Gasteiger partial charge in [0.15, 0.2) is 6.10 Å². The van der Waals surface area contributed by atoms with E-state index in [1.807, 2.05) is 30.3 Å². The van der Waals surface area contributed by atoms with Crippen LogP contribution in [0.5, 0.6) is 0 Å². The maximum Gasteiger partial charge on any atom is 0.338 e. The number of carbonyl (C=O) groups is 2. The van der Waals surface area contributed by atoms with Gasteiger partial charge in [-0.2, -0.15) is 4.31 Å². The first-order valence-electron chi connectivity index (χ1n) is 10.4. The van der Waals surface area contributed by atoms with Gasteiger partial charge < -0.3 is 10.1 Å². The maximum absolute atomic E-state index is 13.0. The van der Waals surface area contributed by atoms with Gasteiger partial charge in [-0.05, 0) is 49.9 Å². The predicted octanol–water partition coefficient (Wildman–Crippen LogP) is 3.03. The number of benzene rings is 2. The number of nitrogens with zero attached hydrogens (tertiary/aromatic N) is 1. The molecule has 3 rings (SSSR count). The van der Waals surface area contributed by atoms with Gasteiger partial charge in [0.1, 0.15) is 0 Å². The Morgan fingerprint density at radius 3 is 2.42 bits per heavy atom. The lowest BCUT2D eigenvalue weighted by atomic mass is 10.1. The van der Waals surface area contributed by atoms with E-state index in [0.717, 1.165) is 24.8 Å². The van der Waals surface area contributed by atoms with Crippen molar-refractivity contribution >= 4 is 21.9 Å². The Morgan fingerprint density at radius 1 is 1.06 bits per heavy atom. The highest BCUT2D eigenvalue weighted by Gasteiger charge is 2.28. The van der Waals surface area contributed by atoms with Crippen molar-refractivity contribution in [3.05, 3.63) is 65.2 Å². The minimum absolute atomic E-state index is 0.101. The minimum atomic E-state index is -3.69. The quantitative estimate of drug-likeness (QED) is 0.663. The Bertz CT molecular complexity index is 1030. The first-order valence-corrected chi connectivity index (χ1v) is 11.9. The van der Waals surface area contributed by atoms with Crippen LogP contribution in [0.15, 0.2) is 53.4 Å². The molecule has 2 aromatic carbocycles. The van der Waals surface area contributed by atoms with E-state index in [9.17, 15) is 18.0 Å². The first kappa shape index (κ1) is 23.0. The first-order chi connectivity index (χ1) is 14.8. The van der Waals surface area contributed by atoms with Crippen LogP contribution in [0.25, 0.3) is 0 Å². The molecule has 0 spiro atoms. The Kier molecular flexibility index (Phi) is 7.46. The number of hydrogen-bond donors (Lipinski definition) is 1. The summed E-state index contributed by atoms with van der Waals surface area (Å²) in [6, 6.07) is 13.8. The molecule has 1 fully saturated rings. The fraction of sp³-hybridized carbons (Fsp3) is 0.391. The van der Waals surface area contributed by atoms with Gasteiger partial charge in [-0.25, -0.2) is 13.2 Å². The van der Waals surface area contributed by atoms with Crippen molar-refractivity contribution in [2.75, 3.05) is 13.1 Å². The number of rotatable bonds is 7. The summed E-state index contributed by atoms with van der Waals surface area (Å²) >= 11 is 0. The summed E-state index contributed by atoms with van der Waals surface area (Å²) in [5.74, 6) is -1.16. The van der Waals surface area contributed by atoms with E-state index in [4.69, 9.17) is 4.74 Å². The molecule has 2 aromatic rings. The van der Waals surface area contributed by atoms with Crippen molar-refractivity contribution in [1.29, 1.82) is 0 Å². The molecule has 8 heteroatoms. The molecule has 0 aromatic heterocycles. The lowest BCUT2D eigenvalue weighted by molar-refractivity contribution is -0.129. The van der Waals surface area contributed by atoms with Crippen LogP contribution in [0.2, 0.25) is 0 Å². The molecule has 31 heavy (non-hydrogen) atoms. The molecule has 1 heterocycles. The summed E-state index contributed by atoms with van der Waals surface area (Å²) < 4.78 is 32.8. The van der Waals surface area contributed by atoms with Crippen molar-refractivity contribution in [2.24, 2.45) is 0 Å². The smallest absolute Gasteiger partial charge is 0.338 e. The van der Waals surface area contributed by atoms with Crippen LogP contribution in [0.4, 0.5) is 0 Å². The van der Waals surface area contributed by atoms with Crippen molar-refractivity contribution in [3.8, 4) is 0 Å². The number of aryl methyl sites for hydroxylation is 1. The molecular weight excluding hydrogens is 416 g/mol. The van der Waals surface area contributed by atoms with Gasteiger partial charge >= 0.3 is 5.97 Å². The Hall–Kier alpha value is -2.71. The molecule has 1 atom stereocenters. The van der Waals surface area contributed by atoms with Crippen molar-refractivity contribution in [2.45, 2.75) is 50.7 Å². The van der Waals surface area contributed by atoms with Gasteiger partial charge in [-0.1, -0.05) is 42.8 Å². The zero-order chi connectivity index (χ0) is 22.4. The number of esters is 1. The zero-order valence-electron chi connectivity index (χ0n) is 17.8. The summed E-state index contributed by atoms with van der Waals surface area (Å²) in [7, 11) is -3.69. The number of sulfonamides is 1. The highest BCUT2D eigenvalue weighted by atomic mass is 32.2. The number of piperidine rings is 1. The predicted molar refractivity (Wildman–Crippen MR) is 117 cm³/mol. The second-order valence-electron chi connectivity index (χ2n) is 7.70. The van der Waals surface area contributed by atoms with Crippen LogP contribution in [0.1, 0.15) is 47.7 Å². The summed E-state index contributed by atoms with van der Waals surface area (Å²) in [6.45, 7) is 4.47. The Labute approximate surface area is 183 Å². The number of hydrogen-bond acceptors (Lipinski definition) is 5. The third kappa shape index (κ3) is 5.71. The van der Waals surface area contributed by atoms with E-state index in [2.05, 4.69) is 5.32 Å². The van der Waals surface area contributed by atoms with Gasteiger partial charge in [0.2, 0.25) is 10.0 Å². The van der Waals surface area contributed by atoms with Gasteiger partial charge in [0.05, 0.1) is 10.5 Å². The molecule has 1 amide bonds. The lowest BCUT2D eigenvalue weighted by Gasteiger charge is -2.26. The van der Waals surface area contributed by atoms with Crippen molar-refractivity contribution in [1.82, 2.24) is 9.62 Å². The number of ether oxygens (including phenoxy) is 1. The molecule has 1 aliphatic rings. The normalized spacial score (nSPS) is 15.8. The largest absolute Gasteiger partial charge is 0.449 e. The molecule has 7 nitrogen and oxygen atoms in total. The Morgan fingerprint density at radius 2 is 1.74 bits per heavy atom. The number of carbonyl (C=O) groups excluding carboxylic acids is 2. The standard InChI is InChI=1S/C23H28N2O5S/c1-17-11-12-20(15-21(17)31(28,29)25-13-7-4-8-14-25)23(27)30-18(2)22(26)24-16-19-9-5-3-6-10-19/h3,5-6,9-12,15,18H,4,7-8,13-14,16H2,1-2H3,(H,24,26). The monoisotopic (exact) mass is 444 g/mol. The van der Waals surface area contributed by atoms with Crippen LogP contribution in [0.3, 0.4) is 0 Å². The molecule has 1 unspecified atom stereocenters. The number of nitrogens with one attached hydrogen (secondary N) is 1. The van der Waals surface area contributed by atoms with E-state index >= 15 is 0 Å². The van der Waals surface area contributed by atoms with E-state index in [-0.39, 0.29) is 10.5 Å². The molecule has 0 saturated carbocycles. The number of amides is 1. The van der Waals surface area contributed by atoms with Crippen LogP contribution in [-0.2, 0) is 26.1 Å². The second kappa shape index (κ2) is 10.1. The fourth-order valence-corrected chi connectivity index (χ4v) is 5.23. The van der Waals surface area contributed by atoms with Crippen LogP contribution >= 0.6 is 0 Å². The molecule has 0 radical (unpaired) electrons. The Balaban J connectivity index is 1.67. The minimum Gasteiger partial charge on any atom is -0.449 e. The van der Waals surface area contributed by atoms with Gasteiger partial charge in [0.25, 0.3) is 5.91 Å². The second-order valence-corrected chi connectivity index (χ2v) is 9.60. The van der Waals surface area contributed by atoms with Crippen LogP contribution in [0, 0.1) is 6.92 Å². The van der Waals surface area contributed by atoms with E-state index in [1.165, 1.54) is 23.4 Å². The molecule has 1 N–H and O–H groups in total. The molecule has 1 aliphatic heterocycles. The third-order valence-electron chi connectivity index (χ3n) is 5.32. The summed E-state index contributed by atoms with van der Waals surface area (Å²) in [5.41, 5.74) is 1.60. The average molecular weight is 445 g/mol. The average Bonchev–Trinajstić information content (AvgIpc) is 2.78. The van der Waals surface area contributed by atoms with Crippen molar-refractivity contribution in [3.63, 3.8) is 0 Å². The molecule has 1 saturated heterocycles. The lowest BCUT2D eigenvalue weighted by Crippen LogP contribution is -2.36. The fourth-order valence-electron chi connectivity index (χ4n) is 3.46. The summed E-state index contributed by atoms with van der Waals surface area (Å²) in [5, 5.41) is 2.72. The van der Waals surface area contributed by atoms with Gasteiger partial charge in [-0.3, -0.25) is 4.79 Å². The van der Waals surface area contributed by atoms with Crippen LogP contribution in [-0.4, -0.2) is 43.8 Å².